The Morgan fingerprint density at radius 1 is 0.667 bits per heavy atom. The fraction of sp³-hybridized carbons (Fsp3) is 0.182. The molecular weight excluding hydrogens is 309 g/mol. The molecule has 0 radical (unpaired) electrons. The van der Waals surface area contributed by atoms with E-state index in [0.29, 0.717) is 5.78 Å². The van der Waals surface area contributed by atoms with Crippen molar-refractivity contribution in [3.8, 4) is 0 Å². The van der Waals surface area contributed by atoms with Gasteiger partial charge in [-0.1, -0.05) is 61.5 Å². The first-order valence-corrected chi connectivity index (χ1v) is 10.4. The summed E-state index contributed by atoms with van der Waals surface area (Å²) in [6.45, 7) is 5.49. The molecular formula is C22H25NP+. The van der Waals surface area contributed by atoms with Crippen molar-refractivity contribution in [3.63, 3.8) is 0 Å². The van der Waals surface area contributed by atoms with Gasteiger partial charge < -0.3 is 0 Å². The maximum atomic E-state index is 3.73. The second kappa shape index (κ2) is 7.75. The average molecular weight is 334 g/mol. The highest BCUT2D eigenvalue weighted by molar-refractivity contribution is 7.96. The third-order valence-corrected chi connectivity index (χ3v) is 9.25. The summed E-state index contributed by atoms with van der Waals surface area (Å²) in [4.78, 5) is 0. The first-order chi connectivity index (χ1) is 11.8. The van der Waals surface area contributed by atoms with E-state index in [1.165, 1.54) is 15.9 Å². The van der Waals surface area contributed by atoms with Crippen LogP contribution in [-0.2, 0) is 0 Å². The van der Waals surface area contributed by atoms with Gasteiger partial charge in [-0.3, -0.25) is 5.32 Å². The smallest absolute Gasteiger partial charge is 0.131 e. The minimum absolute atomic E-state index is 0.370. The van der Waals surface area contributed by atoms with E-state index in [0.717, 1.165) is 6.54 Å². The van der Waals surface area contributed by atoms with Gasteiger partial charge in [0, 0.05) is 0 Å². The highest BCUT2D eigenvalue weighted by atomic mass is 31.2. The molecule has 0 saturated heterocycles. The number of benzene rings is 3. The van der Waals surface area contributed by atoms with Crippen LogP contribution in [0, 0.1) is 0 Å². The van der Waals surface area contributed by atoms with E-state index in [4.69, 9.17) is 0 Å². The molecule has 0 saturated carbocycles. The molecule has 1 atom stereocenters. The molecule has 0 bridgehead atoms. The molecule has 0 fully saturated rings. The SMILES string of the molecule is CCNC(C)[P+](c1ccccc1)(c1ccccc1)c1ccccc1. The second-order valence-corrected chi connectivity index (χ2v) is 9.73. The van der Waals surface area contributed by atoms with E-state index in [2.05, 4.69) is 110 Å². The van der Waals surface area contributed by atoms with Crippen molar-refractivity contribution in [2.75, 3.05) is 6.54 Å². The Hall–Kier alpha value is -1.95. The molecule has 1 nitrogen and oxygen atoms in total. The summed E-state index contributed by atoms with van der Waals surface area (Å²) >= 11 is 0. The van der Waals surface area contributed by atoms with Crippen LogP contribution in [0.2, 0.25) is 0 Å². The normalized spacial score (nSPS) is 12.8. The Bertz CT molecular complexity index is 644. The largest absolute Gasteiger partial charge is 0.282 e. The van der Waals surface area contributed by atoms with Crippen LogP contribution in [0.4, 0.5) is 0 Å². The van der Waals surface area contributed by atoms with Crippen molar-refractivity contribution >= 4 is 23.2 Å². The fourth-order valence-electron chi connectivity index (χ4n) is 3.54. The van der Waals surface area contributed by atoms with E-state index < -0.39 is 7.26 Å². The van der Waals surface area contributed by atoms with E-state index in [1.54, 1.807) is 0 Å². The average Bonchev–Trinajstić information content (AvgIpc) is 2.65. The van der Waals surface area contributed by atoms with Gasteiger partial charge in [0.15, 0.2) is 0 Å². The maximum Gasteiger partial charge on any atom is 0.131 e. The molecule has 3 rings (SSSR count). The lowest BCUT2D eigenvalue weighted by Crippen LogP contribution is -2.44. The number of rotatable bonds is 6. The molecule has 1 unspecified atom stereocenters. The van der Waals surface area contributed by atoms with Crippen molar-refractivity contribution in [2.24, 2.45) is 0 Å². The van der Waals surface area contributed by atoms with Gasteiger partial charge in [-0.2, -0.15) is 0 Å². The number of nitrogens with one attached hydrogen (secondary N) is 1. The van der Waals surface area contributed by atoms with Crippen molar-refractivity contribution < 1.29 is 0 Å². The van der Waals surface area contributed by atoms with Gasteiger partial charge in [0.25, 0.3) is 0 Å². The summed E-state index contributed by atoms with van der Waals surface area (Å²) in [6.07, 6.45) is 0. The summed E-state index contributed by atoms with van der Waals surface area (Å²) in [5.74, 6) is 0.370. The molecule has 0 aliphatic heterocycles. The predicted molar refractivity (Wildman–Crippen MR) is 108 cm³/mol. The van der Waals surface area contributed by atoms with Crippen LogP contribution in [-0.4, -0.2) is 12.3 Å². The van der Waals surface area contributed by atoms with Gasteiger partial charge in [0.05, 0.1) is 0 Å². The van der Waals surface area contributed by atoms with E-state index in [9.17, 15) is 0 Å². The molecule has 3 aromatic rings. The lowest BCUT2D eigenvalue weighted by molar-refractivity contribution is 0.711. The summed E-state index contributed by atoms with van der Waals surface area (Å²) in [5.41, 5.74) is 0. The van der Waals surface area contributed by atoms with Crippen molar-refractivity contribution in [2.45, 2.75) is 19.6 Å². The third kappa shape index (κ3) is 3.02. The Kier molecular flexibility index (Phi) is 5.45. The first-order valence-electron chi connectivity index (χ1n) is 8.59. The topological polar surface area (TPSA) is 12.0 Å². The minimum Gasteiger partial charge on any atom is -0.282 e. The fourth-order valence-corrected chi connectivity index (χ4v) is 8.16. The molecule has 1 N–H and O–H groups in total. The van der Waals surface area contributed by atoms with Gasteiger partial charge >= 0.3 is 0 Å². The highest BCUT2D eigenvalue weighted by Crippen LogP contribution is 2.58. The van der Waals surface area contributed by atoms with Crippen molar-refractivity contribution in [1.29, 1.82) is 0 Å². The molecule has 0 spiro atoms. The molecule has 0 aliphatic rings. The van der Waals surface area contributed by atoms with Crippen molar-refractivity contribution in [1.82, 2.24) is 5.32 Å². The lowest BCUT2D eigenvalue weighted by Gasteiger charge is -2.33. The molecule has 2 heteroatoms. The Morgan fingerprint density at radius 2 is 1.00 bits per heavy atom. The van der Waals surface area contributed by atoms with Crippen LogP contribution in [0.5, 0.6) is 0 Å². The van der Waals surface area contributed by atoms with Gasteiger partial charge in [0.2, 0.25) is 0 Å². The number of hydrogen-bond donors (Lipinski definition) is 1. The van der Waals surface area contributed by atoms with Crippen LogP contribution in [0.15, 0.2) is 91.0 Å². The summed E-state index contributed by atoms with van der Waals surface area (Å²) in [6, 6.07) is 33.0. The van der Waals surface area contributed by atoms with Gasteiger partial charge in [0.1, 0.15) is 29.0 Å². The van der Waals surface area contributed by atoms with Crippen LogP contribution in [0.3, 0.4) is 0 Å². The molecule has 122 valence electrons. The molecule has 24 heavy (non-hydrogen) atoms. The standard InChI is InChI=1S/C22H25NP/c1-3-23-19(2)24(20-13-7-4-8-14-20,21-15-9-5-10-16-21)22-17-11-6-12-18-22/h4-19,23H,3H2,1-2H3/q+1. The lowest BCUT2D eigenvalue weighted by atomic mass is 10.4. The highest BCUT2D eigenvalue weighted by Gasteiger charge is 2.49. The van der Waals surface area contributed by atoms with Crippen molar-refractivity contribution in [3.05, 3.63) is 91.0 Å². The van der Waals surface area contributed by atoms with E-state index >= 15 is 0 Å². The first kappa shape index (κ1) is 16.9. The minimum atomic E-state index is -1.77. The molecule has 0 aromatic heterocycles. The monoisotopic (exact) mass is 334 g/mol. The maximum absolute atomic E-state index is 3.73. The summed E-state index contributed by atoms with van der Waals surface area (Å²) < 4.78 is 0. The van der Waals surface area contributed by atoms with Gasteiger partial charge in [-0.25, -0.2) is 0 Å². The number of hydrogen-bond acceptors (Lipinski definition) is 1. The Morgan fingerprint density at radius 3 is 1.29 bits per heavy atom. The quantitative estimate of drug-likeness (QED) is 0.674. The molecule has 0 aliphatic carbocycles. The van der Waals surface area contributed by atoms with Crippen LogP contribution in [0.25, 0.3) is 0 Å². The molecule has 0 amide bonds. The van der Waals surface area contributed by atoms with Crippen LogP contribution >= 0.6 is 7.26 Å². The predicted octanol–water partition coefficient (Wildman–Crippen LogP) is 3.94. The van der Waals surface area contributed by atoms with E-state index in [-0.39, 0.29) is 0 Å². The Labute approximate surface area is 146 Å². The van der Waals surface area contributed by atoms with Gasteiger partial charge in [-0.15, -0.1) is 0 Å². The van der Waals surface area contributed by atoms with Gasteiger partial charge in [-0.05, 0) is 49.9 Å². The molecule has 3 aromatic carbocycles. The summed E-state index contributed by atoms with van der Waals surface area (Å²) in [7, 11) is -1.77. The zero-order chi connectivity index (χ0) is 16.8. The zero-order valence-electron chi connectivity index (χ0n) is 14.4. The van der Waals surface area contributed by atoms with Crippen LogP contribution in [0.1, 0.15) is 13.8 Å². The Balaban J connectivity index is 2.33. The summed E-state index contributed by atoms with van der Waals surface area (Å²) in [5, 5.41) is 8.01. The van der Waals surface area contributed by atoms with E-state index in [1.807, 2.05) is 0 Å². The third-order valence-electron chi connectivity index (χ3n) is 4.57. The van der Waals surface area contributed by atoms with Crippen LogP contribution < -0.4 is 21.2 Å². The zero-order valence-corrected chi connectivity index (χ0v) is 15.3. The molecule has 0 heterocycles. The second-order valence-electron chi connectivity index (χ2n) is 5.96.